The first-order valence-electron chi connectivity index (χ1n) is 4.75. The minimum atomic E-state index is 0.548. The molecular formula is C11H11N3O. The fraction of sp³-hybridized carbons (Fsp3) is 0.182. The van der Waals surface area contributed by atoms with Crippen LogP contribution < -0.4 is 4.74 Å². The van der Waals surface area contributed by atoms with Gasteiger partial charge in [-0.2, -0.15) is 0 Å². The van der Waals surface area contributed by atoms with Crippen LogP contribution in [0, 0.1) is 0 Å². The van der Waals surface area contributed by atoms with Crippen molar-refractivity contribution >= 4 is 0 Å². The lowest BCUT2D eigenvalue weighted by molar-refractivity contribution is 0.325. The number of hydrogen-bond donors (Lipinski definition) is 0. The molecule has 2 heterocycles. The maximum atomic E-state index is 5.28. The molecule has 15 heavy (non-hydrogen) atoms. The van der Waals surface area contributed by atoms with E-state index < -0.39 is 0 Å². The summed E-state index contributed by atoms with van der Waals surface area (Å²) in [6.45, 7) is 2.51. The van der Waals surface area contributed by atoms with Crippen molar-refractivity contribution in [1.29, 1.82) is 0 Å². The molecule has 0 radical (unpaired) electrons. The molecule has 0 N–H and O–H groups in total. The van der Waals surface area contributed by atoms with Gasteiger partial charge in [0.1, 0.15) is 0 Å². The Balaban J connectivity index is 2.33. The van der Waals surface area contributed by atoms with Crippen molar-refractivity contribution in [3.63, 3.8) is 0 Å². The molecule has 0 bridgehead atoms. The average Bonchev–Trinajstić information content (AvgIpc) is 2.31. The summed E-state index contributed by atoms with van der Waals surface area (Å²) in [5.41, 5.74) is 1.78. The van der Waals surface area contributed by atoms with Gasteiger partial charge < -0.3 is 4.74 Å². The van der Waals surface area contributed by atoms with E-state index in [4.69, 9.17) is 4.74 Å². The number of aromatic nitrogens is 3. The molecule has 0 saturated heterocycles. The molecule has 0 saturated carbocycles. The molecule has 0 aliphatic rings. The Hall–Kier alpha value is -1.97. The third-order valence-electron chi connectivity index (χ3n) is 1.88. The van der Waals surface area contributed by atoms with E-state index in [2.05, 4.69) is 15.0 Å². The molecule has 2 rings (SSSR count). The number of ether oxygens (including phenoxy) is 1. The first-order valence-corrected chi connectivity index (χ1v) is 4.75. The van der Waals surface area contributed by atoms with Crippen molar-refractivity contribution < 1.29 is 4.74 Å². The molecule has 2 aromatic heterocycles. The predicted molar refractivity (Wildman–Crippen MR) is 56.4 cm³/mol. The van der Waals surface area contributed by atoms with Crippen molar-refractivity contribution in [3.8, 4) is 17.1 Å². The van der Waals surface area contributed by atoms with Crippen LogP contribution in [-0.4, -0.2) is 21.6 Å². The van der Waals surface area contributed by atoms with Crippen LogP contribution in [0.2, 0.25) is 0 Å². The summed E-state index contributed by atoms with van der Waals surface area (Å²) >= 11 is 0. The molecule has 4 nitrogen and oxygen atoms in total. The molecule has 0 aromatic carbocycles. The molecule has 4 heteroatoms. The largest absolute Gasteiger partial charge is 0.477 e. The maximum absolute atomic E-state index is 5.28. The van der Waals surface area contributed by atoms with E-state index in [-0.39, 0.29) is 0 Å². The smallest absolute Gasteiger partial charge is 0.232 e. The Bertz CT molecular complexity index is 431. The number of pyridine rings is 1. The Kier molecular flexibility index (Phi) is 2.88. The normalized spacial score (nSPS) is 9.93. The predicted octanol–water partition coefficient (Wildman–Crippen LogP) is 1.94. The zero-order chi connectivity index (χ0) is 10.5. The summed E-state index contributed by atoms with van der Waals surface area (Å²) in [6.07, 6.45) is 6.76. The Morgan fingerprint density at radius 1 is 1.13 bits per heavy atom. The zero-order valence-corrected chi connectivity index (χ0v) is 8.42. The van der Waals surface area contributed by atoms with Gasteiger partial charge in [-0.1, -0.05) is 0 Å². The van der Waals surface area contributed by atoms with Gasteiger partial charge in [0.15, 0.2) is 0 Å². The molecule has 0 aliphatic heterocycles. The molecule has 2 aromatic rings. The van der Waals surface area contributed by atoms with Crippen molar-refractivity contribution in [2.75, 3.05) is 6.61 Å². The Labute approximate surface area is 88.0 Å². The van der Waals surface area contributed by atoms with Crippen molar-refractivity contribution in [2.45, 2.75) is 6.92 Å². The molecule has 0 unspecified atom stereocenters. The van der Waals surface area contributed by atoms with Gasteiger partial charge in [0.25, 0.3) is 0 Å². The van der Waals surface area contributed by atoms with E-state index >= 15 is 0 Å². The third kappa shape index (κ3) is 2.28. The topological polar surface area (TPSA) is 47.9 Å². The minimum Gasteiger partial charge on any atom is -0.477 e. The summed E-state index contributed by atoms with van der Waals surface area (Å²) in [6, 6.07) is 3.78. The highest BCUT2D eigenvalue weighted by Crippen LogP contribution is 2.16. The highest BCUT2D eigenvalue weighted by molar-refractivity contribution is 5.57. The monoisotopic (exact) mass is 201 g/mol. The minimum absolute atomic E-state index is 0.548. The van der Waals surface area contributed by atoms with Crippen LogP contribution in [0.15, 0.2) is 36.9 Å². The summed E-state index contributed by atoms with van der Waals surface area (Å²) in [5, 5.41) is 0. The molecule has 0 aliphatic carbocycles. The average molecular weight is 201 g/mol. The number of rotatable bonds is 3. The second kappa shape index (κ2) is 4.50. The van der Waals surface area contributed by atoms with Gasteiger partial charge in [-0.05, 0) is 19.1 Å². The van der Waals surface area contributed by atoms with Gasteiger partial charge >= 0.3 is 0 Å². The fourth-order valence-electron chi connectivity index (χ4n) is 1.23. The van der Waals surface area contributed by atoms with E-state index in [9.17, 15) is 0 Å². The molecule has 76 valence electrons. The molecular weight excluding hydrogens is 190 g/mol. The van der Waals surface area contributed by atoms with Gasteiger partial charge in [-0.25, -0.2) is 4.98 Å². The second-order valence-corrected chi connectivity index (χ2v) is 2.91. The van der Waals surface area contributed by atoms with Gasteiger partial charge in [0, 0.05) is 18.0 Å². The third-order valence-corrected chi connectivity index (χ3v) is 1.88. The lowest BCUT2D eigenvalue weighted by Crippen LogP contribution is -1.96. The van der Waals surface area contributed by atoms with E-state index in [1.807, 2.05) is 19.1 Å². The van der Waals surface area contributed by atoms with E-state index in [1.165, 1.54) is 0 Å². The molecule has 0 spiro atoms. The number of hydrogen-bond acceptors (Lipinski definition) is 4. The standard InChI is InChI=1S/C11H11N3O/c1-2-15-11-8-13-7-10(14-11)9-3-5-12-6-4-9/h3-8H,2H2,1H3. The Morgan fingerprint density at radius 2 is 1.93 bits per heavy atom. The van der Waals surface area contributed by atoms with Crippen molar-refractivity contribution in [3.05, 3.63) is 36.9 Å². The van der Waals surface area contributed by atoms with Crippen LogP contribution in [0.3, 0.4) is 0 Å². The summed E-state index contributed by atoms with van der Waals surface area (Å²) in [7, 11) is 0. The van der Waals surface area contributed by atoms with Crippen molar-refractivity contribution in [2.24, 2.45) is 0 Å². The van der Waals surface area contributed by atoms with Crippen LogP contribution in [0.4, 0.5) is 0 Å². The van der Waals surface area contributed by atoms with Crippen LogP contribution in [-0.2, 0) is 0 Å². The van der Waals surface area contributed by atoms with Gasteiger partial charge in [0.2, 0.25) is 5.88 Å². The zero-order valence-electron chi connectivity index (χ0n) is 8.42. The second-order valence-electron chi connectivity index (χ2n) is 2.91. The molecule has 0 atom stereocenters. The summed E-state index contributed by atoms with van der Waals surface area (Å²) in [5.74, 6) is 0.548. The van der Waals surface area contributed by atoms with Crippen LogP contribution in [0.25, 0.3) is 11.3 Å². The first kappa shape index (κ1) is 9.58. The first-order chi connectivity index (χ1) is 7.40. The van der Waals surface area contributed by atoms with Crippen LogP contribution in [0.1, 0.15) is 6.92 Å². The van der Waals surface area contributed by atoms with Crippen LogP contribution in [0.5, 0.6) is 5.88 Å². The number of nitrogens with zero attached hydrogens (tertiary/aromatic N) is 3. The molecule has 0 fully saturated rings. The Morgan fingerprint density at radius 3 is 2.67 bits per heavy atom. The maximum Gasteiger partial charge on any atom is 0.232 e. The van der Waals surface area contributed by atoms with Crippen LogP contribution >= 0.6 is 0 Å². The van der Waals surface area contributed by atoms with E-state index in [0.29, 0.717) is 12.5 Å². The summed E-state index contributed by atoms with van der Waals surface area (Å²) < 4.78 is 5.28. The van der Waals surface area contributed by atoms with E-state index in [1.54, 1.807) is 24.8 Å². The van der Waals surface area contributed by atoms with E-state index in [0.717, 1.165) is 11.3 Å². The lowest BCUT2D eigenvalue weighted by Gasteiger charge is -2.03. The van der Waals surface area contributed by atoms with Crippen molar-refractivity contribution in [1.82, 2.24) is 15.0 Å². The van der Waals surface area contributed by atoms with Gasteiger partial charge in [-0.3, -0.25) is 9.97 Å². The quantitative estimate of drug-likeness (QED) is 0.761. The summed E-state index contributed by atoms with van der Waals surface area (Å²) in [4.78, 5) is 12.3. The van der Waals surface area contributed by atoms with Gasteiger partial charge in [0.05, 0.1) is 24.7 Å². The van der Waals surface area contributed by atoms with Gasteiger partial charge in [-0.15, -0.1) is 0 Å². The molecule has 0 amide bonds. The fourth-order valence-corrected chi connectivity index (χ4v) is 1.23. The lowest BCUT2D eigenvalue weighted by atomic mass is 10.2. The highest BCUT2D eigenvalue weighted by atomic mass is 16.5. The SMILES string of the molecule is CCOc1cncc(-c2ccncc2)n1. The highest BCUT2D eigenvalue weighted by Gasteiger charge is 2.01.